The van der Waals surface area contributed by atoms with Gasteiger partial charge in [-0.3, -0.25) is 9.59 Å². The second-order valence-corrected chi connectivity index (χ2v) is 7.47. The monoisotopic (exact) mass is 393 g/mol. The first-order chi connectivity index (χ1) is 14.1. The number of fused-ring (bicyclic) bond motifs is 1. The molecule has 0 aromatic heterocycles. The summed E-state index contributed by atoms with van der Waals surface area (Å²) in [5, 5.41) is 0. The van der Waals surface area contributed by atoms with Crippen LogP contribution in [0.5, 0.6) is 5.75 Å². The van der Waals surface area contributed by atoms with Gasteiger partial charge >= 0.3 is 0 Å². The Morgan fingerprint density at radius 3 is 2.55 bits per heavy atom. The lowest BCUT2D eigenvalue weighted by Crippen LogP contribution is -2.54. The SMILES string of the molecule is CCN1C(=O)Cc2ccccc2[C@H]1C(=O)N1CCN(c2cccc(OC)c2)CC1. The van der Waals surface area contributed by atoms with E-state index in [0.717, 1.165) is 35.7 Å². The lowest BCUT2D eigenvalue weighted by atomic mass is 9.91. The number of ether oxygens (including phenoxy) is 1. The van der Waals surface area contributed by atoms with Crippen LogP contribution in [0.1, 0.15) is 24.1 Å². The molecule has 2 amide bonds. The smallest absolute Gasteiger partial charge is 0.250 e. The van der Waals surface area contributed by atoms with Crippen LogP contribution in [0, 0.1) is 0 Å². The number of anilines is 1. The van der Waals surface area contributed by atoms with Crippen molar-refractivity contribution in [2.24, 2.45) is 0 Å². The molecule has 152 valence electrons. The molecule has 0 radical (unpaired) electrons. The van der Waals surface area contributed by atoms with Crippen LogP contribution in [0.15, 0.2) is 48.5 Å². The Bertz CT molecular complexity index is 906. The highest BCUT2D eigenvalue weighted by molar-refractivity contribution is 5.92. The van der Waals surface area contributed by atoms with E-state index < -0.39 is 6.04 Å². The lowest BCUT2D eigenvalue weighted by molar-refractivity contribution is -0.147. The third-order valence-electron chi connectivity index (χ3n) is 5.91. The van der Waals surface area contributed by atoms with E-state index in [1.54, 1.807) is 12.0 Å². The van der Waals surface area contributed by atoms with Gasteiger partial charge in [0.25, 0.3) is 0 Å². The Morgan fingerprint density at radius 1 is 1.07 bits per heavy atom. The van der Waals surface area contributed by atoms with Gasteiger partial charge in [-0.1, -0.05) is 30.3 Å². The van der Waals surface area contributed by atoms with Crippen molar-refractivity contribution in [3.8, 4) is 5.75 Å². The largest absolute Gasteiger partial charge is 0.497 e. The van der Waals surface area contributed by atoms with Crippen molar-refractivity contribution in [3.63, 3.8) is 0 Å². The summed E-state index contributed by atoms with van der Waals surface area (Å²) in [4.78, 5) is 32.0. The van der Waals surface area contributed by atoms with Crippen LogP contribution in [-0.2, 0) is 16.0 Å². The minimum atomic E-state index is -0.513. The molecular formula is C23H27N3O3. The standard InChI is InChI=1S/C23H27N3O3/c1-3-26-21(27)15-17-7-4-5-10-20(17)22(26)23(28)25-13-11-24(12-14-25)18-8-6-9-19(16-18)29-2/h4-10,16,22H,3,11-15H2,1-2H3/t22-/m0/s1. The van der Waals surface area contributed by atoms with Crippen LogP contribution in [-0.4, -0.2) is 61.4 Å². The number of benzene rings is 2. The molecule has 29 heavy (non-hydrogen) atoms. The number of carbonyl (C=O) groups excluding carboxylic acids is 2. The van der Waals surface area contributed by atoms with Crippen LogP contribution in [0.3, 0.4) is 0 Å². The minimum Gasteiger partial charge on any atom is -0.497 e. The Kier molecular flexibility index (Phi) is 5.43. The van der Waals surface area contributed by atoms with Gasteiger partial charge in [0.15, 0.2) is 0 Å². The summed E-state index contributed by atoms with van der Waals surface area (Å²) in [7, 11) is 1.67. The highest BCUT2D eigenvalue weighted by Crippen LogP contribution is 2.32. The minimum absolute atomic E-state index is 0.0256. The fourth-order valence-corrected chi connectivity index (χ4v) is 4.33. The molecule has 0 spiro atoms. The molecule has 0 unspecified atom stereocenters. The summed E-state index contributed by atoms with van der Waals surface area (Å²) in [6, 6.07) is 15.3. The van der Waals surface area contributed by atoms with Crippen molar-refractivity contribution in [2.45, 2.75) is 19.4 Å². The van der Waals surface area contributed by atoms with Crippen LogP contribution in [0.2, 0.25) is 0 Å². The van der Waals surface area contributed by atoms with Crippen molar-refractivity contribution in [2.75, 3.05) is 44.7 Å². The van der Waals surface area contributed by atoms with E-state index in [2.05, 4.69) is 11.0 Å². The average Bonchev–Trinajstić information content (AvgIpc) is 2.77. The van der Waals surface area contributed by atoms with Crippen LogP contribution in [0.25, 0.3) is 0 Å². The maximum atomic E-state index is 13.5. The second kappa shape index (κ2) is 8.15. The first-order valence-corrected chi connectivity index (χ1v) is 10.2. The molecule has 4 rings (SSSR count). The fraction of sp³-hybridized carbons (Fsp3) is 0.391. The van der Waals surface area contributed by atoms with Crippen LogP contribution >= 0.6 is 0 Å². The van der Waals surface area contributed by atoms with Crippen LogP contribution in [0.4, 0.5) is 5.69 Å². The van der Waals surface area contributed by atoms with Gasteiger partial charge in [-0.25, -0.2) is 0 Å². The summed E-state index contributed by atoms with van der Waals surface area (Å²) < 4.78 is 5.32. The topological polar surface area (TPSA) is 53.1 Å². The van der Waals surface area contributed by atoms with Crippen molar-refractivity contribution in [3.05, 3.63) is 59.7 Å². The predicted molar refractivity (Wildman–Crippen MR) is 112 cm³/mol. The summed E-state index contributed by atoms with van der Waals surface area (Å²) in [5.41, 5.74) is 3.04. The quantitative estimate of drug-likeness (QED) is 0.801. The third kappa shape index (κ3) is 3.67. The number of nitrogens with zero attached hydrogens (tertiary/aromatic N) is 3. The summed E-state index contributed by atoms with van der Waals surface area (Å²) in [5.74, 6) is 0.883. The fourth-order valence-electron chi connectivity index (χ4n) is 4.33. The normalized spacial score (nSPS) is 19.2. The number of carbonyl (C=O) groups is 2. The number of rotatable bonds is 4. The Balaban J connectivity index is 1.51. The Morgan fingerprint density at radius 2 is 1.83 bits per heavy atom. The number of hydrogen-bond donors (Lipinski definition) is 0. The molecule has 0 bridgehead atoms. The van der Waals surface area contributed by atoms with Gasteiger partial charge in [0, 0.05) is 44.5 Å². The molecule has 0 saturated carbocycles. The number of amides is 2. The molecule has 0 N–H and O–H groups in total. The zero-order chi connectivity index (χ0) is 20.4. The second-order valence-electron chi connectivity index (χ2n) is 7.47. The van der Waals surface area contributed by atoms with E-state index in [4.69, 9.17) is 4.74 Å². The molecule has 2 heterocycles. The number of hydrogen-bond acceptors (Lipinski definition) is 4. The molecule has 6 heteroatoms. The molecular weight excluding hydrogens is 366 g/mol. The van der Waals surface area contributed by atoms with E-state index in [0.29, 0.717) is 26.1 Å². The van der Waals surface area contributed by atoms with Gasteiger partial charge in [-0.15, -0.1) is 0 Å². The molecule has 6 nitrogen and oxygen atoms in total. The molecule has 2 aliphatic heterocycles. The maximum absolute atomic E-state index is 13.5. The Labute approximate surface area is 171 Å². The Hall–Kier alpha value is -3.02. The van der Waals surface area contributed by atoms with Gasteiger partial charge in [0.2, 0.25) is 11.8 Å². The number of likely N-dealkylation sites (N-methyl/N-ethyl adjacent to an activating group) is 1. The van der Waals surface area contributed by atoms with Gasteiger partial charge in [0.1, 0.15) is 11.8 Å². The van der Waals surface area contributed by atoms with E-state index in [1.165, 1.54) is 0 Å². The molecule has 1 atom stereocenters. The van der Waals surface area contributed by atoms with E-state index >= 15 is 0 Å². The van der Waals surface area contributed by atoms with Crippen molar-refractivity contribution in [1.82, 2.24) is 9.80 Å². The van der Waals surface area contributed by atoms with E-state index in [-0.39, 0.29) is 11.8 Å². The number of methoxy groups -OCH3 is 1. The van der Waals surface area contributed by atoms with Gasteiger partial charge in [0.05, 0.1) is 13.5 Å². The zero-order valence-corrected chi connectivity index (χ0v) is 17.0. The predicted octanol–water partition coefficient (Wildman–Crippen LogP) is 2.49. The first kappa shape index (κ1) is 19.3. The van der Waals surface area contributed by atoms with Gasteiger partial charge < -0.3 is 19.4 Å². The summed E-state index contributed by atoms with van der Waals surface area (Å²) in [6.07, 6.45) is 0.372. The van der Waals surface area contributed by atoms with E-state index in [1.807, 2.05) is 54.3 Å². The molecule has 2 aliphatic rings. The average molecular weight is 393 g/mol. The van der Waals surface area contributed by atoms with Gasteiger partial charge in [-0.2, -0.15) is 0 Å². The zero-order valence-electron chi connectivity index (χ0n) is 17.0. The maximum Gasteiger partial charge on any atom is 0.250 e. The van der Waals surface area contributed by atoms with Gasteiger partial charge in [-0.05, 0) is 30.2 Å². The lowest BCUT2D eigenvalue weighted by Gasteiger charge is -2.41. The molecule has 2 aromatic rings. The highest BCUT2D eigenvalue weighted by atomic mass is 16.5. The first-order valence-electron chi connectivity index (χ1n) is 10.2. The molecule has 1 saturated heterocycles. The summed E-state index contributed by atoms with van der Waals surface area (Å²) in [6.45, 7) is 5.27. The summed E-state index contributed by atoms with van der Waals surface area (Å²) >= 11 is 0. The highest BCUT2D eigenvalue weighted by Gasteiger charge is 2.39. The molecule has 1 fully saturated rings. The molecule has 0 aliphatic carbocycles. The molecule has 2 aromatic carbocycles. The van der Waals surface area contributed by atoms with Crippen molar-refractivity contribution in [1.29, 1.82) is 0 Å². The van der Waals surface area contributed by atoms with Crippen LogP contribution < -0.4 is 9.64 Å². The number of piperazine rings is 1. The third-order valence-corrected chi connectivity index (χ3v) is 5.91. The van der Waals surface area contributed by atoms with Crippen molar-refractivity contribution >= 4 is 17.5 Å². The van der Waals surface area contributed by atoms with Crippen molar-refractivity contribution < 1.29 is 14.3 Å². The van der Waals surface area contributed by atoms with E-state index in [9.17, 15) is 9.59 Å².